The highest BCUT2D eigenvalue weighted by Gasteiger charge is 2.46. The molecule has 0 saturated carbocycles. The van der Waals surface area contributed by atoms with Crippen LogP contribution >= 0.6 is 0 Å². The molecule has 4 rings (SSSR count). The molecule has 2 heterocycles. The smallest absolute Gasteiger partial charge is 0.295 e. The lowest BCUT2D eigenvalue weighted by Crippen LogP contribution is -2.42. The zero-order chi connectivity index (χ0) is 22.0. The predicted molar refractivity (Wildman–Crippen MR) is 114 cm³/mol. The third-order valence-corrected chi connectivity index (χ3v) is 5.79. The summed E-state index contributed by atoms with van der Waals surface area (Å²) >= 11 is 0. The molecule has 7 heteroatoms. The Hall–Kier alpha value is -3.03. The minimum Gasteiger partial charge on any atom is -0.507 e. The van der Waals surface area contributed by atoms with Crippen LogP contribution < -0.4 is 0 Å². The molecule has 2 saturated heterocycles. The van der Waals surface area contributed by atoms with Crippen LogP contribution in [0.5, 0.6) is 0 Å². The van der Waals surface area contributed by atoms with Crippen LogP contribution in [0.25, 0.3) is 5.76 Å². The number of aryl methyl sites for hydroxylation is 1. The van der Waals surface area contributed by atoms with Crippen molar-refractivity contribution >= 4 is 17.4 Å². The molecule has 0 aromatic heterocycles. The van der Waals surface area contributed by atoms with Gasteiger partial charge in [-0.05, 0) is 24.6 Å². The van der Waals surface area contributed by atoms with Crippen molar-refractivity contribution in [3.05, 3.63) is 76.6 Å². The van der Waals surface area contributed by atoms with Gasteiger partial charge in [-0.2, -0.15) is 0 Å². The van der Waals surface area contributed by atoms with Crippen LogP contribution in [0.1, 0.15) is 22.7 Å². The number of morpholine rings is 1. The molecular weight excluding hydrogens is 399 g/mol. The Morgan fingerprint density at radius 3 is 2.48 bits per heavy atom. The Morgan fingerprint density at radius 2 is 1.81 bits per heavy atom. The van der Waals surface area contributed by atoms with Gasteiger partial charge >= 0.3 is 0 Å². The number of halogens is 1. The van der Waals surface area contributed by atoms with Gasteiger partial charge in [-0.1, -0.05) is 42.0 Å². The first kappa shape index (κ1) is 21.2. The molecule has 1 atom stereocenters. The van der Waals surface area contributed by atoms with Crippen molar-refractivity contribution in [3.8, 4) is 0 Å². The van der Waals surface area contributed by atoms with Crippen LogP contribution in [0.4, 0.5) is 4.39 Å². The summed E-state index contributed by atoms with van der Waals surface area (Å²) in [5.74, 6) is -2.15. The van der Waals surface area contributed by atoms with Gasteiger partial charge in [-0.3, -0.25) is 14.5 Å². The Labute approximate surface area is 180 Å². The lowest BCUT2D eigenvalue weighted by Gasteiger charge is -2.31. The average Bonchev–Trinajstić information content (AvgIpc) is 3.03. The van der Waals surface area contributed by atoms with E-state index in [1.54, 1.807) is 24.3 Å². The number of nitrogens with zero attached hydrogens (tertiary/aromatic N) is 2. The summed E-state index contributed by atoms with van der Waals surface area (Å²) in [6.45, 7) is 5.51. The molecule has 31 heavy (non-hydrogen) atoms. The van der Waals surface area contributed by atoms with E-state index < -0.39 is 23.5 Å². The molecule has 2 fully saturated rings. The zero-order valence-corrected chi connectivity index (χ0v) is 17.4. The summed E-state index contributed by atoms with van der Waals surface area (Å²) in [6.07, 6.45) is 0. The highest BCUT2D eigenvalue weighted by atomic mass is 19.1. The van der Waals surface area contributed by atoms with Gasteiger partial charge in [-0.25, -0.2) is 4.39 Å². The summed E-state index contributed by atoms with van der Waals surface area (Å²) in [7, 11) is 0. The number of rotatable bonds is 5. The topological polar surface area (TPSA) is 70.1 Å². The van der Waals surface area contributed by atoms with Crippen LogP contribution in [0.2, 0.25) is 0 Å². The third-order valence-electron chi connectivity index (χ3n) is 5.79. The number of aliphatic hydroxyl groups excluding tert-OH is 1. The molecule has 2 aromatic carbocycles. The lowest BCUT2D eigenvalue weighted by atomic mass is 9.95. The number of benzene rings is 2. The molecule has 1 amide bonds. The van der Waals surface area contributed by atoms with Gasteiger partial charge in [0.25, 0.3) is 11.7 Å². The normalized spacial score (nSPS) is 21.6. The molecule has 6 nitrogen and oxygen atoms in total. The molecule has 2 aromatic rings. The number of ether oxygens (including phenoxy) is 1. The second kappa shape index (κ2) is 8.99. The third kappa shape index (κ3) is 4.38. The molecule has 2 aliphatic rings. The number of carbonyl (C=O) groups excluding carboxylic acids is 2. The van der Waals surface area contributed by atoms with E-state index in [1.807, 2.05) is 19.1 Å². The van der Waals surface area contributed by atoms with Gasteiger partial charge in [0.2, 0.25) is 0 Å². The molecule has 2 aliphatic heterocycles. The fourth-order valence-corrected chi connectivity index (χ4v) is 4.07. The molecule has 1 N–H and O–H groups in total. The van der Waals surface area contributed by atoms with Gasteiger partial charge in [-0.15, -0.1) is 0 Å². The van der Waals surface area contributed by atoms with Crippen LogP contribution in [-0.2, 0) is 14.3 Å². The second-order valence-corrected chi connectivity index (χ2v) is 7.87. The molecule has 1 unspecified atom stereocenters. The second-order valence-electron chi connectivity index (χ2n) is 7.87. The van der Waals surface area contributed by atoms with Gasteiger partial charge in [0.1, 0.15) is 11.6 Å². The first-order valence-corrected chi connectivity index (χ1v) is 10.4. The van der Waals surface area contributed by atoms with E-state index in [0.29, 0.717) is 30.9 Å². The lowest BCUT2D eigenvalue weighted by molar-refractivity contribution is -0.140. The van der Waals surface area contributed by atoms with Crippen LogP contribution in [0.15, 0.2) is 54.1 Å². The fourth-order valence-electron chi connectivity index (χ4n) is 4.07. The molecule has 0 bridgehead atoms. The van der Waals surface area contributed by atoms with E-state index >= 15 is 0 Å². The highest BCUT2D eigenvalue weighted by molar-refractivity contribution is 6.46. The Bertz CT molecular complexity index is 1010. The predicted octanol–water partition coefficient (Wildman–Crippen LogP) is 2.89. The Kier molecular flexibility index (Phi) is 6.15. The molecule has 0 aliphatic carbocycles. The summed E-state index contributed by atoms with van der Waals surface area (Å²) in [6, 6.07) is 12.0. The van der Waals surface area contributed by atoms with Crippen molar-refractivity contribution in [2.75, 3.05) is 39.4 Å². The van der Waals surface area contributed by atoms with E-state index in [-0.39, 0.29) is 17.9 Å². The van der Waals surface area contributed by atoms with Gasteiger partial charge < -0.3 is 14.7 Å². The molecule has 0 radical (unpaired) electrons. The van der Waals surface area contributed by atoms with Crippen molar-refractivity contribution < 1.29 is 23.8 Å². The van der Waals surface area contributed by atoms with Gasteiger partial charge in [0, 0.05) is 31.7 Å². The molecule has 162 valence electrons. The molecule has 0 spiro atoms. The van der Waals surface area contributed by atoms with Crippen molar-refractivity contribution in [2.24, 2.45) is 0 Å². The van der Waals surface area contributed by atoms with Gasteiger partial charge in [0.15, 0.2) is 0 Å². The number of hydrogen-bond donors (Lipinski definition) is 1. The first-order valence-electron chi connectivity index (χ1n) is 10.4. The zero-order valence-electron chi connectivity index (χ0n) is 17.4. The molecular formula is C24H25FN2O4. The minimum atomic E-state index is -0.849. The van der Waals surface area contributed by atoms with Crippen LogP contribution in [0.3, 0.4) is 0 Å². The number of carbonyl (C=O) groups is 2. The maximum Gasteiger partial charge on any atom is 0.295 e. The number of Topliss-reactive ketones (excluding diaryl/α,β-unsaturated/α-hetero) is 1. The number of ketones is 1. The number of amides is 1. The summed E-state index contributed by atoms with van der Waals surface area (Å²) < 4.78 is 19.4. The quantitative estimate of drug-likeness (QED) is 0.454. The largest absolute Gasteiger partial charge is 0.507 e. The summed E-state index contributed by atoms with van der Waals surface area (Å²) in [5.41, 5.74) is 1.89. The van der Waals surface area contributed by atoms with Crippen LogP contribution in [0, 0.1) is 12.7 Å². The average molecular weight is 424 g/mol. The summed E-state index contributed by atoms with van der Waals surface area (Å²) in [5, 5.41) is 11.0. The Morgan fingerprint density at radius 1 is 1.10 bits per heavy atom. The fraction of sp³-hybridized carbons (Fsp3) is 0.333. The maximum atomic E-state index is 14.0. The Balaban J connectivity index is 1.73. The van der Waals surface area contributed by atoms with E-state index in [0.717, 1.165) is 18.7 Å². The maximum absolute atomic E-state index is 14.0. The minimum absolute atomic E-state index is 0.0126. The number of hydrogen-bond acceptors (Lipinski definition) is 5. The van der Waals surface area contributed by atoms with Crippen molar-refractivity contribution in [1.29, 1.82) is 0 Å². The van der Waals surface area contributed by atoms with E-state index in [4.69, 9.17) is 4.74 Å². The van der Waals surface area contributed by atoms with Gasteiger partial charge in [0.05, 0.1) is 24.8 Å². The standard InChI is InChI=1S/C24H25FN2O4/c1-16-5-7-17(8-6-16)22(28)20-21(18-3-2-4-19(25)15-18)27(24(30)23(20)29)10-9-26-11-13-31-14-12-26/h2-8,15,21,28H,9-14H2,1H3/b22-20-. The number of aliphatic hydroxyl groups is 1. The monoisotopic (exact) mass is 424 g/mol. The van der Waals surface area contributed by atoms with E-state index in [2.05, 4.69) is 4.90 Å². The SMILES string of the molecule is Cc1ccc(/C(O)=C2/C(=O)C(=O)N(CCN3CCOCC3)C2c2cccc(F)c2)cc1. The van der Waals surface area contributed by atoms with Crippen molar-refractivity contribution in [3.63, 3.8) is 0 Å². The van der Waals surface area contributed by atoms with Crippen LogP contribution in [-0.4, -0.2) is 66.0 Å². The first-order chi connectivity index (χ1) is 15.0. The van der Waals surface area contributed by atoms with Crippen molar-refractivity contribution in [1.82, 2.24) is 9.80 Å². The van der Waals surface area contributed by atoms with E-state index in [1.165, 1.54) is 17.0 Å². The number of likely N-dealkylation sites (tertiary alicyclic amines) is 1. The van der Waals surface area contributed by atoms with Crippen molar-refractivity contribution in [2.45, 2.75) is 13.0 Å². The summed E-state index contributed by atoms with van der Waals surface area (Å²) in [4.78, 5) is 29.5. The highest BCUT2D eigenvalue weighted by Crippen LogP contribution is 2.39. The van der Waals surface area contributed by atoms with E-state index in [9.17, 15) is 19.1 Å².